The van der Waals surface area contributed by atoms with Crippen LogP contribution in [0.1, 0.15) is 17.0 Å². The van der Waals surface area contributed by atoms with E-state index in [0.29, 0.717) is 11.4 Å². The smallest absolute Gasteiger partial charge is 0.308 e. The highest BCUT2D eigenvalue weighted by Gasteiger charge is 2.30. The van der Waals surface area contributed by atoms with Gasteiger partial charge in [0.2, 0.25) is 0 Å². The number of rotatable bonds is 2. The highest BCUT2D eigenvalue weighted by Crippen LogP contribution is 2.30. The molecule has 0 radical (unpaired) electrons. The van der Waals surface area contributed by atoms with Crippen molar-refractivity contribution in [1.82, 2.24) is 15.2 Å². The highest BCUT2D eigenvalue weighted by atomic mass is 19.4. The van der Waals surface area contributed by atoms with Crippen molar-refractivity contribution in [1.29, 1.82) is 0 Å². The lowest BCUT2D eigenvalue weighted by molar-refractivity contribution is -0.137. The quantitative estimate of drug-likeness (QED) is 0.893. The number of carbonyl (C=O) groups excluding carboxylic acids is 1. The van der Waals surface area contributed by atoms with Gasteiger partial charge in [0, 0.05) is 5.69 Å². The molecule has 0 fully saturated rings. The number of benzene rings is 1. The number of hydrogen-bond acceptors (Lipinski definition) is 4. The van der Waals surface area contributed by atoms with E-state index in [2.05, 4.69) is 25.8 Å². The van der Waals surface area contributed by atoms with Crippen LogP contribution in [0.4, 0.5) is 29.6 Å². The molecule has 0 spiro atoms. The number of nitrogens with one attached hydrogen (secondary N) is 2. The molecule has 22 heavy (non-hydrogen) atoms. The zero-order valence-electron chi connectivity index (χ0n) is 11.7. The van der Waals surface area contributed by atoms with Crippen molar-refractivity contribution in [3.05, 3.63) is 41.2 Å². The normalized spacial score (nSPS) is 11.1. The maximum Gasteiger partial charge on any atom is 0.416 e. The second-order valence-corrected chi connectivity index (χ2v) is 4.46. The van der Waals surface area contributed by atoms with Gasteiger partial charge in [0.15, 0.2) is 0 Å². The van der Waals surface area contributed by atoms with Gasteiger partial charge in [-0.3, -0.25) is 5.32 Å². The number of aryl methyl sites for hydroxylation is 2. The summed E-state index contributed by atoms with van der Waals surface area (Å²) in [6.07, 6.45) is -4.48. The molecule has 1 aromatic carbocycles. The summed E-state index contributed by atoms with van der Waals surface area (Å²) in [6.45, 7) is 3.40. The van der Waals surface area contributed by atoms with Crippen LogP contribution >= 0.6 is 0 Å². The molecule has 6 nitrogen and oxygen atoms in total. The lowest BCUT2D eigenvalue weighted by Crippen LogP contribution is -2.22. The first-order valence-corrected chi connectivity index (χ1v) is 6.19. The SMILES string of the molecule is Cc1nnc(NC(=O)Nc2cccc(C(F)(F)F)c2)nc1C. The summed E-state index contributed by atoms with van der Waals surface area (Å²) in [5, 5.41) is 12.0. The van der Waals surface area contributed by atoms with Gasteiger partial charge in [-0.2, -0.15) is 18.3 Å². The van der Waals surface area contributed by atoms with Gasteiger partial charge in [0.25, 0.3) is 5.95 Å². The van der Waals surface area contributed by atoms with Gasteiger partial charge >= 0.3 is 12.2 Å². The lowest BCUT2D eigenvalue weighted by atomic mass is 10.2. The monoisotopic (exact) mass is 311 g/mol. The largest absolute Gasteiger partial charge is 0.416 e. The second kappa shape index (κ2) is 5.96. The minimum Gasteiger partial charge on any atom is -0.308 e. The average Bonchev–Trinajstić information content (AvgIpc) is 2.42. The molecule has 0 saturated heterocycles. The number of alkyl halides is 3. The van der Waals surface area contributed by atoms with Gasteiger partial charge in [-0.25, -0.2) is 9.78 Å². The molecule has 1 aromatic heterocycles. The fourth-order valence-electron chi connectivity index (χ4n) is 1.55. The van der Waals surface area contributed by atoms with Gasteiger partial charge < -0.3 is 5.32 Å². The minimum atomic E-state index is -4.48. The van der Waals surface area contributed by atoms with E-state index in [1.54, 1.807) is 13.8 Å². The summed E-state index contributed by atoms with van der Waals surface area (Å²) in [4.78, 5) is 15.7. The van der Waals surface area contributed by atoms with Crippen LogP contribution < -0.4 is 10.6 Å². The molecule has 2 amide bonds. The first kappa shape index (κ1) is 15.7. The Morgan fingerprint density at radius 3 is 2.45 bits per heavy atom. The fraction of sp³-hybridized carbons (Fsp3) is 0.231. The Balaban J connectivity index is 2.07. The molecule has 0 bridgehead atoms. The van der Waals surface area contributed by atoms with Gasteiger partial charge in [-0.05, 0) is 32.0 Å². The molecule has 9 heteroatoms. The van der Waals surface area contributed by atoms with Crippen LogP contribution in [-0.2, 0) is 6.18 Å². The molecular formula is C13H12F3N5O. The molecule has 1 heterocycles. The summed E-state index contributed by atoms with van der Waals surface area (Å²) >= 11 is 0. The van der Waals surface area contributed by atoms with Crippen LogP contribution in [0.15, 0.2) is 24.3 Å². The van der Waals surface area contributed by atoms with Crippen molar-refractivity contribution in [3.63, 3.8) is 0 Å². The first-order valence-electron chi connectivity index (χ1n) is 6.19. The Morgan fingerprint density at radius 1 is 1.09 bits per heavy atom. The Kier molecular flexibility index (Phi) is 4.25. The predicted molar refractivity (Wildman–Crippen MR) is 73.4 cm³/mol. The third-order valence-electron chi connectivity index (χ3n) is 2.77. The third kappa shape index (κ3) is 3.90. The summed E-state index contributed by atoms with van der Waals surface area (Å²) < 4.78 is 37.7. The van der Waals surface area contributed by atoms with Crippen molar-refractivity contribution in [2.75, 3.05) is 10.6 Å². The van der Waals surface area contributed by atoms with Gasteiger partial charge in [-0.1, -0.05) is 6.07 Å². The molecule has 0 aliphatic rings. The number of aromatic nitrogens is 3. The van der Waals surface area contributed by atoms with Crippen LogP contribution in [0, 0.1) is 13.8 Å². The first-order chi connectivity index (χ1) is 10.3. The standard InChI is InChI=1S/C13H12F3N5O/c1-7-8(2)20-21-11(17-7)19-12(22)18-10-5-3-4-9(6-10)13(14,15)16/h3-6H,1-2H3,(H2,17,18,19,21,22). The van der Waals surface area contributed by atoms with Gasteiger partial charge in [0.05, 0.1) is 17.0 Å². The highest BCUT2D eigenvalue weighted by molar-refractivity contribution is 5.98. The molecule has 0 atom stereocenters. The number of urea groups is 1. The van der Waals surface area contributed by atoms with Crippen molar-refractivity contribution >= 4 is 17.7 Å². The van der Waals surface area contributed by atoms with Crippen LogP contribution in [0.3, 0.4) is 0 Å². The van der Waals surface area contributed by atoms with E-state index in [1.165, 1.54) is 12.1 Å². The van der Waals surface area contributed by atoms with Crippen LogP contribution in [0.5, 0.6) is 0 Å². The van der Waals surface area contributed by atoms with E-state index in [0.717, 1.165) is 12.1 Å². The number of carbonyl (C=O) groups is 1. The topological polar surface area (TPSA) is 79.8 Å². The van der Waals surface area contributed by atoms with Crippen LogP contribution in [0.2, 0.25) is 0 Å². The summed E-state index contributed by atoms with van der Waals surface area (Å²) in [7, 11) is 0. The Hall–Kier alpha value is -2.71. The number of anilines is 2. The third-order valence-corrected chi connectivity index (χ3v) is 2.77. The van der Waals surface area contributed by atoms with Crippen molar-refractivity contribution < 1.29 is 18.0 Å². The predicted octanol–water partition coefficient (Wildman–Crippen LogP) is 3.15. The Labute approximate surface area is 123 Å². The van der Waals surface area contributed by atoms with Gasteiger partial charge in [0.1, 0.15) is 0 Å². The molecule has 2 N–H and O–H groups in total. The van der Waals surface area contributed by atoms with Crippen LogP contribution in [-0.4, -0.2) is 21.2 Å². The maximum atomic E-state index is 12.6. The summed E-state index contributed by atoms with van der Waals surface area (Å²) in [6, 6.07) is 3.53. The zero-order chi connectivity index (χ0) is 16.3. The van der Waals surface area contributed by atoms with E-state index in [1.807, 2.05) is 0 Å². The maximum absolute atomic E-state index is 12.6. The van der Waals surface area contributed by atoms with E-state index in [4.69, 9.17) is 0 Å². The molecule has 0 aliphatic heterocycles. The summed E-state index contributed by atoms with van der Waals surface area (Å²) in [5.41, 5.74) is 0.353. The number of hydrogen-bond donors (Lipinski definition) is 2. The zero-order valence-corrected chi connectivity index (χ0v) is 11.7. The molecule has 0 aliphatic carbocycles. The number of halogens is 3. The number of nitrogens with zero attached hydrogens (tertiary/aromatic N) is 3. The molecule has 2 rings (SSSR count). The van der Waals surface area contributed by atoms with Crippen LogP contribution in [0.25, 0.3) is 0 Å². The second-order valence-electron chi connectivity index (χ2n) is 4.46. The number of amides is 2. The molecular weight excluding hydrogens is 299 g/mol. The van der Waals surface area contributed by atoms with Crippen molar-refractivity contribution in [3.8, 4) is 0 Å². The van der Waals surface area contributed by atoms with E-state index in [9.17, 15) is 18.0 Å². The summed E-state index contributed by atoms with van der Waals surface area (Å²) in [5.74, 6) is -0.0347. The average molecular weight is 311 g/mol. The Morgan fingerprint density at radius 2 is 1.82 bits per heavy atom. The van der Waals surface area contributed by atoms with E-state index in [-0.39, 0.29) is 11.6 Å². The van der Waals surface area contributed by atoms with E-state index < -0.39 is 17.8 Å². The van der Waals surface area contributed by atoms with Crippen molar-refractivity contribution in [2.24, 2.45) is 0 Å². The fourth-order valence-corrected chi connectivity index (χ4v) is 1.55. The molecule has 0 saturated carbocycles. The van der Waals surface area contributed by atoms with Gasteiger partial charge in [-0.15, -0.1) is 5.10 Å². The Bertz CT molecular complexity index is 702. The molecule has 0 unspecified atom stereocenters. The molecule has 2 aromatic rings. The molecule has 116 valence electrons. The van der Waals surface area contributed by atoms with E-state index >= 15 is 0 Å². The minimum absolute atomic E-state index is 0.00381. The lowest BCUT2D eigenvalue weighted by Gasteiger charge is -2.10. The van der Waals surface area contributed by atoms with Crippen molar-refractivity contribution in [2.45, 2.75) is 20.0 Å².